The molecule has 2 rings (SSSR count). The Morgan fingerprint density at radius 1 is 0.952 bits per heavy atom. The van der Waals surface area contributed by atoms with Crippen molar-refractivity contribution in [3.05, 3.63) is 70.5 Å². The standard InChI is InChI=1S/C18H19Cl2F/c1-13-6-7-15(8-14(13)2)10-18(11-19,12-20)16-4-3-5-17(21)9-16/h3-9H,10-12H2,1-2H3. The summed E-state index contributed by atoms with van der Waals surface area (Å²) in [6.07, 6.45) is 0.699. The van der Waals surface area contributed by atoms with Crippen LogP contribution in [0.25, 0.3) is 0 Å². The Morgan fingerprint density at radius 3 is 2.24 bits per heavy atom. The van der Waals surface area contributed by atoms with Gasteiger partial charge in [0.05, 0.1) is 0 Å². The second-order valence-electron chi connectivity index (χ2n) is 5.65. The first-order valence-electron chi connectivity index (χ1n) is 6.95. The van der Waals surface area contributed by atoms with Crippen molar-refractivity contribution in [3.63, 3.8) is 0 Å². The van der Waals surface area contributed by atoms with Crippen LogP contribution in [0.3, 0.4) is 0 Å². The molecule has 0 spiro atoms. The van der Waals surface area contributed by atoms with E-state index in [2.05, 4.69) is 32.0 Å². The predicted octanol–water partition coefficient (Wildman–Crippen LogP) is 5.40. The van der Waals surface area contributed by atoms with Crippen molar-refractivity contribution in [2.45, 2.75) is 25.7 Å². The number of halogens is 3. The molecule has 0 fully saturated rings. The predicted molar refractivity (Wildman–Crippen MR) is 89.1 cm³/mol. The molecule has 0 aliphatic heterocycles. The number of hydrogen-bond donors (Lipinski definition) is 0. The summed E-state index contributed by atoms with van der Waals surface area (Å²) in [5.74, 6) is 0.451. The summed E-state index contributed by atoms with van der Waals surface area (Å²) in [6, 6.07) is 12.9. The van der Waals surface area contributed by atoms with Gasteiger partial charge in [0, 0.05) is 17.2 Å². The van der Waals surface area contributed by atoms with Gasteiger partial charge in [-0.2, -0.15) is 0 Å². The summed E-state index contributed by atoms with van der Waals surface area (Å²) in [5.41, 5.74) is 4.07. The Kier molecular flexibility index (Phi) is 5.29. The molecule has 0 amide bonds. The van der Waals surface area contributed by atoms with Gasteiger partial charge in [0.2, 0.25) is 0 Å². The monoisotopic (exact) mass is 324 g/mol. The summed E-state index contributed by atoms with van der Waals surface area (Å²) in [7, 11) is 0. The molecule has 0 aliphatic carbocycles. The van der Waals surface area contributed by atoms with E-state index in [1.54, 1.807) is 6.07 Å². The summed E-state index contributed by atoms with van der Waals surface area (Å²) in [4.78, 5) is 0. The van der Waals surface area contributed by atoms with Gasteiger partial charge in [-0.1, -0.05) is 30.3 Å². The molecule has 0 bridgehead atoms. The van der Waals surface area contributed by atoms with Crippen LogP contribution < -0.4 is 0 Å². The smallest absolute Gasteiger partial charge is 0.123 e. The summed E-state index contributed by atoms with van der Waals surface area (Å²) in [5, 5.41) is 0. The van der Waals surface area contributed by atoms with Gasteiger partial charge < -0.3 is 0 Å². The minimum atomic E-state index is -0.451. The third-order valence-electron chi connectivity index (χ3n) is 4.06. The zero-order valence-corrected chi connectivity index (χ0v) is 13.8. The van der Waals surface area contributed by atoms with Gasteiger partial charge in [-0.25, -0.2) is 4.39 Å². The molecule has 0 atom stereocenters. The number of alkyl halides is 2. The molecule has 0 nitrogen and oxygen atoms in total. The van der Waals surface area contributed by atoms with Gasteiger partial charge in [-0.15, -0.1) is 23.2 Å². The molecule has 0 radical (unpaired) electrons. The quantitative estimate of drug-likeness (QED) is 0.646. The van der Waals surface area contributed by atoms with E-state index in [1.165, 1.54) is 28.8 Å². The molecule has 0 N–H and O–H groups in total. The minimum absolute atomic E-state index is 0.257. The third-order valence-corrected chi connectivity index (χ3v) is 5.09. The van der Waals surface area contributed by atoms with E-state index in [0.29, 0.717) is 18.2 Å². The van der Waals surface area contributed by atoms with Crippen molar-refractivity contribution < 1.29 is 4.39 Å². The number of hydrogen-bond acceptors (Lipinski definition) is 0. The summed E-state index contributed by atoms with van der Waals surface area (Å²) < 4.78 is 13.5. The molecule has 0 heterocycles. The highest BCUT2D eigenvalue weighted by Crippen LogP contribution is 2.32. The van der Waals surface area contributed by atoms with Crippen LogP contribution in [0.2, 0.25) is 0 Å². The molecular formula is C18H19Cl2F. The van der Waals surface area contributed by atoms with Crippen molar-refractivity contribution in [1.82, 2.24) is 0 Å². The largest absolute Gasteiger partial charge is 0.207 e. The Labute approximate surface area is 135 Å². The first-order valence-corrected chi connectivity index (χ1v) is 8.02. The Balaban J connectivity index is 2.40. The van der Waals surface area contributed by atoms with Crippen molar-refractivity contribution >= 4 is 23.2 Å². The Bertz CT molecular complexity index is 618. The lowest BCUT2D eigenvalue weighted by atomic mass is 9.78. The van der Waals surface area contributed by atoms with Gasteiger partial charge >= 0.3 is 0 Å². The average Bonchev–Trinajstić information content (AvgIpc) is 2.48. The molecule has 0 saturated heterocycles. The lowest BCUT2D eigenvalue weighted by Gasteiger charge is -2.30. The van der Waals surface area contributed by atoms with E-state index >= 15 is 0 Å². The van der Waals surface area contributed by atoms with Crippen molar-refractivity contribution in [2.75, 3.05) is 11.8 Å². The van der Waals surface area contributed by atoms with E-state index in [-0.39, 0.29) is 5.82 Å². The zero-order chi connectivity index (χ0) is 15.5. The highest BCUT2D eigenvalue weighted by atomic mass is 35.5. The van der Waals surface area contributed by atoms with Gasteiger partial charge in [-0.05, 0) is 54.7 Å². The highest BCUT2D eigenvalue weighted by Gasteiger charge is 2.31. The SMILES string of the molecule is Cc1ccc(CC(CCl)(CCl)c2cccc(F)c2)cc1C. The molecule has 3 heteroatoms. The summed E-state index contributed by atoms with van der Waals surface area (Å²) >= 11 is 12.5. The number of benzene rings is 2. The second-order valence-corrected chi connectivity index (χ2v) is 6.19. The molecule has 0 unspecified atom stereocenters. The zero-order valence-electron chi connectivity index (χ0n) is 12.3. The van der Waals surface area contributed by atoms with Crippen LogP contribution in [0.15, 0.2) is 42.5 Å². The minimum Gasteiger partial charge on any atom is -0.207 e. The summed E-state index contributed by atoms with van der Waals surface area (Å²) in [6.45, 7) is 4.17. The topological polar surface area (TPSA) is 0 Å². The van der Waals surface area contributed by atoms with Crippen LogP contribution in [0, 0.1) is 19.7 Å². The molecular weight excluding hydrogens is 306 g/mol. The average molecular weight is 325 g/mol. The molecule has 0 aliphatic rings. The van der Waals surface area contributed by atoms with Crippen LogP contribution in [0.4, 0.5) is 4.39 Å². The van der Waals surface area contributed by atoms with Gasteiger partial charge in [0.25, 0.3) is 0 Å². The van der Waals surface area contributed by atoms with Crippen LogP contribution >= 0.6 is 23.2 Å². The van der Waals surface area contributed by atoms with Gasteiger partial charge in [-0.3, -0.25) is 0 Å². The van der Waals surface area contributed by atoms with E-state index in [0.717, 1.165) is 5.56 Å². The molecule has 0 aromatic heterocycles. The maximum atomic E-state index is 13.5. The van der Waals surface area contributed by atoms with E-state index in [4.69, 9.17) is 23.2 Å². The highest BCUT2D eigenvalue weighted by molar-refractivity contribution is 6.22. The first kappa shape index (κ1) is 16.3. The first-order chi connectivity index (χ1) is 10.0. The van der Waals surface area contributed by atoms with Crippen LogP contribution in [-0.2, 0) is 11.8 Å². The van der Waals surface area contributed by atoms with Gasteiger partial charge in [0.15, 0.2) is 0 Å². The third kappa shape index (κ3) is 3.59. The molecule has 112 valence electrons. The van der Waals surface area contributed by atoms with Crippen molar-refractivity contribution in [3.8, 4) is 0 Å². The van der Waals surface area contributed by atoms with Crippen LogP contribution in [0.5, 0.6) is 0 Å². The lowest BCUT2D eigenvalue weighted by molar-refractivity contribution is 0.528. The fourth-order valence-corrected chi connectivity index (χ4v) is 3.29. The maximum absolute atomic E-state index is 13.5. The van der Waals surface area contributed by atoms with Gasteiger partial charge in [0.1, 0.15) is 5.82 Å². The van der Waals surface area contributed by atoms with E-state index in [9.17, 15) is 4.39 Å². The van der Waals surface area contributed by atoms with Crippen LogP contribution in [-0.4, -0.2) is 11.8 Å². The van der Waals surface area contributed by atoms with Crippen LogP contribution in [0.1, 0.15) is 22.3 Å². The normalized spacial score (nSPS) is 11.7. The van der Waals surface area contributed by atoms with E-state index in [1.807, 2.05) is 6.07 Å². The fraction of sp³-hybridized carbons (Fsp3) is 0.333. The Morgan fingerprint density at radius 2 is 1.67 bits per heavy atom. The van der Waals surface area contributed by atoms with Crippen molar-refractivity contribution in [1.29, 1.82) is 0 Å². The van der Waals surface area contributed by atoms with E-state index < -0.39 is 5.41 Å². The molecule has 0 saturated carbocycles. The molecule has 2 aromatic carbocycles. The second kappa shape index (κ2) is 6.81. The number of aryl methyl sites for hydroxylation is 2. The molecule has 2 aromatic rings. The molecule has 21 heavy (non-hydrogen) atoms. The lowest BCUT2D eigenvalue weighted by Crippen LogP contribution is -2.33. The number of rotatable bonds is 5. The maximum Gasteiger partial charge on any atom is 0.123 e. The van der Waals surface area contributed by atoms with Crippen molar-refractivity contribution in [2.24, 2.45) is 0 Å². The Hall–Kier alpha value is -1.05. The fourth-order valence-electron chi connectivity index (χ4n) is 2.51.